The second-order valence-electron chi connectivity index (χ2n) is 4.20. The van der Waals surface area contributed by atoms with Crippen molar-refractivity contribution in [3.8, 4) is 5.75 Å². The molecule has 0 atom stereocenters. The molecule has 0 bridgehead atoms. The number of halogens is 1. The van der Waals surface area contributed by atoms with E-state index < -0.39 is 0 Å². The lowest BCUT2D eigenvalue weighted by Crippen LogP contribution is -2.05. The highest BCUT2D eigenvalue weighted by molar-refractivity contribution is 6.32. The Morgan fingerprint density at radius 2 is 2.06 bits per heavy atom. The number of nitrogens with one attached hydrogen (secondary N) is 1. The van der Waals surface area contributed by atoms with Gasteiger partial charge in [0.25, 0.3) is 0 Å². The third-order valence-electron chi connectivity index (χ3n) is 2.63. The molecule has 0 aliphatic carbocycles. The second kappa shape index (κ2) is 8.37. The molecule has 0 saturated carbocycles. The van der Waals surface area contributed by atoms with Crippen molar-refractivity contribution in [3.63, 3.8) is 0 Å². The molecule has 96 valence electrons. The van der Waals surface area contributed by atoms with Gasteiger partial charge in [-0.2, -0.15) is 0 Å². The number of rotatable bonds is 8. The van der Waals surface area contributed by atoms with Gasteiger partial charge in [-0.15, -0.1) is 0 Å². The van der Waals surface area contributed by atoms with Crippen LogP contribution in [0.5, 0.6) is 5.75 Å². The van der Waals surface area contributed by atoms with E-state index in [1.165, 1.54) is 24.8 Å². The van der Waals surface area contributed by atoms with Gasteiger partial charge in [0.1, 0.15) is 5.75 Å². The van der Waals surface area contributed by atoms with E-state index >= 15 is 0 Å². The molecule has 2 nitrogen and oxygen atoms in total. The van der Waals surface area contributed by atoms with Crippen LogP contribution in [0, 0.1) is 0 Å². The Morgan fingerprint density at radius 1 is 1.24 bits per heavy atom. The van der Waals surface area contributed by atoms with Crippen LogP contribution in [0.4, 0.5) is 0 Å². The Kier molecular flexibility index (Phi) is 7.06. The largest absolute Gasteiger partial charge is 0.492 e. The maximum absolute atomic E-state index is 6.15. The molecule has 1 rings (SSSR count). The van der Waals surface area contributed by atoms with Crippen molar-refractivity contribution in [1.82, 2.24) is 5.32 Å². The predicted octanol–water partition coefficient (Wildman–Crippen LogP) is 4.02. The molecule has 0 fully saturated rings. The molecule has 0 radical (unpaired) electrons. The van der Waals surface area contributed by atoms with Crippen LogP contribution in [-0.4, -0.2) is 13.7 Å². The quantitative estimate of drug-likeness (QED) is 0.709. The SMILES string of the molecule is CCCCCCOc1ccc(CNC)cc1Cl. The van der Waals surface area contributed by atoms with Crippen LogP contribution in [-0.2, 0) is 6.54 Å². The Balaban J connectivity index is 2.38. The number of ether oxygens (including phenoxy) is 1. The van der Waals surface area contributed by atoms with Crippen LogP contribution >= 0.6 is 11.6 Å². The fraction of sp³-hybridized carbons (Fsp3) is 0.571. The van der Waals surface area contributed by atoms with Crippen LogP contribution < -0.4 is 10.1 Å². The molecule has 0 unspecified atom stereocenters. The van der Waals surface area contributed by atoms with E-state index in [4.69, 9.17) is 16.3 Å². The van der Waals surface area contributed by atoms with E-state index in [2.05, 4.69) is 12.2 Å². The summed E-state index contributed by atoms with van der Waals surface area (Å²) in [7, 11) is 1.92. The van der Waals surface area contributed by atoms with E-state index in [1.807, 2.05) is 25.2 Å². The first-order chi connectivity index (χ1) is 8.27. The maximum Gasteiger partial charge on any atom is 0.137 e. The minimum absolute atomic E-state index is 0.702. The minimum atomic E-state index is 0.702. The summed E-state index contributed by atoms with van der Waals surface area (Å²) in [6.07, 6.45) is 4.85. The highest BCUT2D eigenvalue weighted by atomic mass is 35.5. The van der Waals surface area contributed by atoms with Crippen molar-refractivity contribution in [1.29, 1.82) is 0 Å². The first-order valence-corrected chi connectivity index (χ1v) is 6.71. The molecular weight excluding hydrogens is 234 g/mol. The summed E-state index contributed by atoms with van der Waals surface area (Å²) in [4.78, 5) is 0. The highest BCUT2D eigenvalue weighted by Gasteiger charge is 2.02. The topological polar surface area (TPSA) is 21.3 Å². The van der Waals surface area contributed by atoms with Gasteiger partial charge in [0.05, 0.1) is 11.6 Å². The summed E-state index contributed by atoms with van der Waals surface area (Å²) in [6, 6.07) is 5.96. The Hall–Kier alpha value is -0.730. The lowest BCUT2D eigenvalue weighted by Gasteiger charge is -2.09. The fourth-order valence-electron chi connectivity index (χ4n) is 1.69. The van der Waals surface area contributed by atoms with Gasteiger partial charge in [-0.25, -0.2) is 0 Å². The van der Waals surface area contributed by atoms with Crippen LogP contribution in [0.2, 0.25) is 5.02 Å². The zero-order valence-corrected chi connectivity index (χ0v) is 11.5. The molecule has 0 aliphatic rings. The normalized spacial score (nSPS) is 10.5. The maximum atomic E-state index is 6.15. The van der Waals surface area contributed by atoms with Crippen molar-refractivity contribution >= 4 is 11.6 Å². The van der Waals surface area contributed by atoms with Crippen molar-refractivity contribution in [2.24, 2.45) is 0 Å². The number of hydrogen-bond donors (Lipinski definition) is 1. The Morgan fingerprint density at radius 3 is 2.71 bits per heavy atom. The van der Waals surface area contributed by atoms with Crippen LogP contribution in [0.15, 0.2) is 18.2 Å². The summed E-state index contributed by atoms with van der Waals surface area (Å²) in [6.45, 7) is 3.79. The van der Waals surface area contributed by atoms with Gasteiger partial charge in [-0.1, -0.05) is 43.9 Å². The van der Waals surface area contributed by atoms with Crippen molar-refractivity contribution in [2.75, 3.05) is 13.7 Å². The zero-order chi connectivity index (χ0) is 12.5. The molecule has 1 aromatic carbocycles. The van der Waals surface area contributed by atoms with Gasteiger partial charge in [-0.05, 0) is 31.2 Å². The fourth-order valence-corrected chi connectivity index (χ4v) is 1.94. The first-order valence-electron chi connectivity index (χ1n) is 6.33. The van der Waals surface area contributed by atoms with Gasteiger partial charge in [-0.3, -0.25) is 0 Å². The third kappa shape index (κ3) is 5.42. The molecule has 3 heteroatoms. The van der Waals surface area contributed by atoms with E-state index in [1.54, 1.807) is 0 Å². The van der Waals surface area contributed by atoms with Crippen molar-refractivity contribution < 1.29 is 4.74 Å². The molecule has 0 amide bonds. The standard InChI is InChI=1S/C14H22ClNO/c1-3-4-5-6-9-17-14-8-7-12(11-16-2)10-13(14)15/h7-8,10,16H,3-6,9,11H2,1-2H3. The van der Waals surface area contributed by atoms with E-state index in [-0.39, 0.29) is 0 Å². The van der Waals surface area contributed by atoms with Crippen molar-refractivity contribution in [2.45, 2.75) is 39.2 Å². The van der Waals surface area contributed by atoms with Gasteiger partial charge in [0.2, 0.25) is 0 Å². The van der Waals surface area contributed by atoms with E-state index in [9.17, 15) is 0 Å². The third-order valence-corrected chi connectivity index (χ3v) is 2.93. The molecule has 0 spiro atoms. The first kappa shape index (κ1) is 14.3. The average Bonchev–Trinajstić information content (AvgIpc) is 2.32. The van der Waals surface area contributed by atoms with E-state index in [0.717, 1.165) is 25.3 Å². The molecule has 0 aliphatic heterocycles. The van der Waals surface area contributed by atoms with Crippen molar-refractivity contribution in [3.05, 3.63) is 28.8 Å². The lowest BCUT2D eigenvalue weighted by atomic mass is 10.2. The van der Waals surface area contributed by atoms with Crippen LogP contribution in [0.25, 0.3) is 0 Å². The van der Waals surface area contributed by atoms with Gasteiger partial charge >= 0.3 is 0 Å². The summed E-state index contributed by atoms with van der Waals surface area (Å²) < 4.78 is 5.66. The minimum Gasteiger partial charge on any atom is -0.492 e. The Labute approximate surface area is 109 Å². The molecule has 0 aromatic heterocycles. The lowest BCUT2D eigenvalue weighted by molar-refractivity contribution is 0.305. The average molecular weight is 256 g/mol. The summed E-state index contributed by atoms with van der Waals surface area (Å²) in [5.74, 6) is 0.794. The monoisotopic (exact) mass is 255 g/mol. The summed E-state index contributed by atoms with van der Waals surface area (Å²) in [5.41, 5.74) is 1.18. The molecule has 17 heavy (non-hydrogen) atoms. The molecule has 1 N–H and O–H groups in total. The van der Waals surface area contributed by atoms with Crippen LogP contribution in [0.1, 0.15) is 38.2 Å². The second-order valence-corrected chi connectivity index (χ2v) is 4.61. The number of unbranched alkanes of at least 4 members (excludes halogenated alkanes) is 3. The molecule has 1 aromatic rings. The number of hydrogen-bond acceptors (Lipinski definition) is 2. The summed E-state index contributed by atoms with van der Waals surface area (Å²) in [5, 5.41) is 3.80. The molecule has 0 heterocycles. The van der Waals surface area contributed by atoms with Crippen LogP contribution in [0.3, 0.4) is 0 Å². The Bertz CT molecular complexity index is 328. The predicted molar refractivity (Wildman–Crippen MR) is 73.9 cm³/mol. The smallest absolute Gasteiger partial charge is 0.137 e. The van der Waals surface area contributed by atoms with Gasteiger partial charge in [0.15, 0.2) is 0 Å². The molecular formula is C14H22ClNO. The number of benzene rings is 1. The van der Waals surface area contributed by atoms with E-state index in [0.29, 0.717) is 5.02 Å². The molecule has 0 saturated heterocycles. The van der Waals surface area contributed by atoms with Gasteiger partial charge < -0.3 is 10.1 Å². The highest BCUT2D eigenvalue weighted by Crippen LogP contribution is 2.25. The zero-order valence-electron chi connectivity index (χ0n) is 10.8. The van der Waals surface area contributed by atoms with Gasteiger partial charge in [0, 0.05) is 6.54 Å². The summed E-state index contributed by atoms with van der Waals surface area (Å²) >= 11 is 6.15.